The molecule has 3 rings (SSSR count). The third kappa shape index (κ3) is 7.58. The van der Waals surface area contributed by atoms with Gasteiger partial charge in [-0.1, -0.05) is 33.6 Å². The van der Waals surface area contributed by atoms with E-state index in [1.165, 1.54) is 13.3 Å². The number of rotatable bonds is 10. The lowest BCUT2D eigenvalue weighted by Crippen LogP contribution is -2.20. The Kier molecular flexibility index (Phi) is 9.25. The number of carbonyl (C=O) groups excluding carboxylic acids is 2. The van der Waals surface area contributed by atoms with Crippen molar-refractivity contribution in [2.45, 2.75) is 13.8 Å². The van der Waals surface area contributed by atoms with Crippen molar-refractivity contribution >= 4 is 39.6 Å². The Balaban J connectivity index is 1.63. The van der Waals surface area contributed by atoms with Crippen molar-refractivity contribution in [1.29, 1.82) is 0 Å². The minimum absolute atomic E-state index is 0.186. The molecule has 2 N–H and O–H groups in total. The summed E-state index contributed by atoms with van der Waals surface area (Å²) in [4.78, 5) is 24.8. The summed E-state index contributed by atoms with van der Waals surface area (Å²) in [5.41, 5.74) is 5.22. The standard InChI is InChI=1S/C26H26BrN3O5/c1-4-34-24-14-18(7-11-23(24)33-3)26(32)30-28-15-19-13-20(27)8-12-22(19)35-16-25(31)29-21-9-5-17(2)6-10-21/h5-15H,4,16H2,1-3H3,(H,29,31)(H,30,32)/b28-15+. The van der Waals surface area contributed by atoms with Gasteiger partial charge in [0.05, 0.1) is 19.9 Å². The zero-order valence-corrected chi connectivity index (χ0v) is 21.2. The molecular weight excluding hydrogens is 514 g/mol. The molecule has 0 radical (unpaired) electrons. The van der Waals surface area contributed by atoms with Crippen molar-refractivity contribution in [3.05, 3.63) is 81.8 Å². The van der Waals surface area contributed by atoms with Crippen LogP contribution in [0.4, 0.5) is 5.69 Å². The quantitative estimate of drug-likeness (QED) is 0.280. The van der Waals surface area contributed by atoms with Crippen LogP contribution in [0.15, 0.2) is 70.2 Å². The number of ether oxygens (including phenoxy) is 3. The van der Waals surface area contributed by atoms with E-state index in [1.54, 1.807) is 36.4 Å². The van der Waals surface area contributed by atoms with Crippen LogP contribution in [0.2, 0.25) is 0 Å². The van der Waals surface area contributed by atoms with Crippen LogP contribution < -0.4 is 25.0 Å². The van der Waals surface area contributed by atoms with Crippen LogP contribution in [0.25, 0.3) is 0 Å². The number of methoxy groups -OCH3 is 1. The first-order chi connectivity index (χ1) is 16.9. The highest BCUT2D eigenvalue weighted by Gasteiger charge is 2.11. The van der Waals surface area contributed by atoms with Gasteiger partial charge in [0.2, 0.25) is 0 Å². The maximum atomic E-state index is 12.5. The molecule has 0 aromatic heterocycles. The number of hydrogen-bond acceptors (Lipinski definition) is 6. The van der Waals surface area contributed by atoms with E-state index < -0.39 is 5.91 Å². The van der Waals surface area contributed by atoms with E-state index in [9.17, 15) is 9.59 Å². The van der Waals surface area contributed by atoms with Crippen LogP contribution in [0.5, 0.6) is 17.2 Å². The van der Waals surface area contributed by atoms with Crippen molar-refractivity contribution in [1.82, 2.24) is 5.43 Å². The van der Waals surface area contributed by atoms with Crippen LogP contribution in [-0.2, 0) is 4.79 Å². The number of hydrogen-bond donors (Lipinski definition) is 2. The van der Waals surface area contributed by atoms with Gasteiger partial charge >= 0.3 is 0 Å². The lowest BCUT2D eigenvalue weighted by molar-refractivity contribution is -0.118. The van der Waals surface area contributed by atoms with Gasteiger partial charge in [-0.3, -0.25) is 9.59 Å². The molecule has 182 valence electrons. The van der Waals surface area contributed by atoms with Gasteiger partial charge in [0.15, 0.2) is 18.1 Å². The molecule has 3 aromatic rings. The fourth-order valence-corrected chi connectivity index (χ4v) is 3.42. The minimum atomic E-state index is -0.417. The van der Waals surface area contributed by atoms with Crippen molar-refractivity contribution in [3.63, 3.8) is 0 Å². The Labute approximate surface area is 212 Å². The van der Waals surface area contributed by atoms with E-state index in [0.29, 0.717) is 40.7 Å². The van der Waals surface area contributed by atoms with Crippen LogP contribution in [0.1, 0.15) is 28.4 Å². The van der Waals surface area contributed by atoms with Gasteiger partial charge in [-0.25, -0.2) is 5.43 Å². The van der Waals surface area contributed by atoms with Gasteiger partial charge in [-0.2, -0.15) is 5.10 Å². The summed E-state index contributed by atoms with van der Waals surface area (Å²) in [6.07, 6.45) is 1.45. The van der Waals surface area contributed by atoms with Gasteiger partial charge in [0.25, 0.3) is 11.8 Å². The summed E-state index contributed by atoms with van der Waals surface area (Å²) in [7, 11) is 1.53. The SMILES string of the molecule is CCOc1cc(C(=O)N/N=C/c2cc(Br)ccc2OCC(=O)Nc2ccc(C)cc2)ccc1OC. The van der Waals surface area contributed by atoms with Crippen molar-refractivity contribution in [2.75, 3.05) is 25.6 Å². The Bertz CT molecular complexity index is 1210. The number of amides is 2. The van der Waals surface area contributed by atoms with Crippen LogP contribution >= 0.6 is 15.9 Å². The van der Waals surface area contributed by atoms with Gasteiger partial charge in [0, 0.05) is 21.3 Å². The number of nitrogens with one attached hydrogen (secondary N) is 2. The van der Waals surface area contributed by atoms with Gasteiger partial charge in [-0.05, 0) is 62.4 Å². The number of nitrogens with zero attached hydrogens (tertiary/aromatic N) is 1. The summed E-state index contributed by atoms with van der Waals surface area (Å²) in [5.74, 6) is 0.734. The molecule has 35 heavy (non-hydrogen) atoms. The van der Waals surface area contributed by atoms with Crippen LogP contribution in [0.3, 0.4) is 0 Å². The number of benzene rings is 3. The van der Waals surface area contributed by atoms with Crippen molar-refractivity contribution in [2.24, 2.45) is 5.10 Å². The molecule has 0 saturated carbocycles. The molecule has 0 fully saturated rings. The van der Waals surface area contributed by atoms with E-state index in [1.807, 2.05) is 38.1 Å². The van der Waals surface area contributed by atoms with Gasteiger partial charge < -0.3 is 19.5 Å². The van der Waals surface area contributed by atoms with Gasteiger partial charge in [0.1, 0.15) is 5.75 Å². The van der Waals surface area contributed by atoms with E-state index in [-0.39, 0.29) is 12.5 Å². The molecular formula is C26H26BrN3O5. The third-order valence-electron chi connectivity index (χ3n) is 4.76. The minimum Gasteiger partial charge on any atom is -0.493 e. The molecule has 0 bridgehead atoms. The third-order valence-corrected chi connectivity index (χ3v) is 5.25. The molecule has 9 heteroatoms. The largest absolute Gasteiger partial charge is 0.493 e. The van der Waals surface area contributed by atoms with E-state index in [2.05, 4.69) is 31.8 Å². The lowest BCUT2D eigenvalue weighted by atomic mass is 10.2. The van der Waals surface area contributed by atoms with Crippen LogP contribution in [-0.4, -0.2) is 38.4 Å². The number of hydrazone groups is 1. The first-order valence-corrected chi connectivity index (χ1v) is 11.6. The molecule has 8 nitrogen and oxygen atoms in total. The monoisotopic (exact) mass is 539 g/mol. The maximum absolute atomic E-state index is 12.5. The molecule has 0 atom stereocenters. The highest BCUT2D eigenvalue weighted by Crippen LogP contribution is 2.28. The van der Waals surface area contributed by atoms with Crippen molar-refractivity contribution < 1.29 is 23.8 Å². The summed E-state index contributed by atoms with van der Waals surface area (Å²) < 4.78 is 17.2. The number of halogens is 1. The Morgan fingerprint density at radius 1 is 0.971 bits per heavy atom. The Hall–Kier alpha value is -3.85. The van der Waals surface area contributed by atoms with E-state index >= 15 is 0 Å². The molecule has 0 heterocycles. The fraction of sp³-hybridized carbons (Fsp3) is 0.192. The maximum Gasteiger partial charge on any atom is 0.271 e. The second-order valence-electron chi connectivity index (χ2n) is 7.38. The average Bonchev–Trinajstić information content (AvgIpc) is 2.85. The van der Waals surface area contributed by atoms with Gasteiger partial charge in [-0.15, -0.1) is 0 Å². The Morgan fingerprint density at radius 2 is 1.71 bits per heavy atom. The molecule has 0 saturated heterocycles. The molecule has 2 amide bonds. The second kappa shape index (κ2) is 12.6. The molecule has 0 spiro atoms. The first kappa shape index (κ1) is 25.8. The predicted octanol–water partition coefficient (Wildman–Crippen LogP) is 4.95. The summed E-state index contributed by atoms with van der Waals surface area (Å²) in [6, 6.07) is 17.6. The molecule has 0 unspecified atom stereocenters. The van der Waals surface area contributed by atoms with E-state index in [4.69, 9.17) is 14.2 Å². The number of carbonyl (C=O) groups is 2. The molecule has 0 aliphatic rings. The zero-order valence-electron chi connectivity index (χ0n) is 19.6. The molecule has 0 aliphatic carbocycles. The lowest BCUT2D eigenvalue weighted by Gasteiger charge is -2.11. The first-order valence-electron chi connectivity index (χ1n) is 10.8. The number of aryl methyl sites for hydroxylation is 1. The average molecular weight is 540 g/mol. The second-order valence-corrected chi connectivity index (χ2v) is 8.30. The predicted molar refractivity (Wildman–Crippen MR) is 139 cm³/mol. The smallest absolute Gasteiger partial charge is 0.271 e. The van der Waals surface area contributed by atoms with Crippen LogP contribution in [0, 0.1) is 6.92 Å². The summed E-state index contributed by atoms with van der Waals surface area (Å²) >= 11 is 3.41. The highest BCUT2D eigenvalue weighted by atomic mass is 79.9. The molecule has 0 aliphatic heterocycles. The topological polar surface area (TPSA) is 98.3 Å². The summed E-state index contributed by atoms with van der Waals surface area (Å²) in [5, 5.41) is 6.83. The normalized spacial score (nSPS) is 10.6. The zero-order chi connectivity index (χ0) is 25.2. The molecule has 3 aromatic carbocycles. The number of anilines is 1. The van der Waals surface area contributed by atoms with Crippen molar-refractivity contribution in [3.8, 4) is 17.2 Å². The Morgan fingerprint density at radius 3 is 2.43 bits per heavy atom. The highest BCUT2D eigenvalue weighted by molar-refractivity contribution is 9.10. The van der Waals surface area contributed by atoms with E-state index in [0.717, 1.165) is 10.0 Å². The fourth-order valence-electron chi connectivity index (χ4n) is 3.04. The summed E-state index contributed by atoms with van der Waals surface area (Å²) in [6.45, 7) is 4.08.